The second-order valence-electron chi connectivity index (χ2n) is 5.84. The fourth-order valence-electron chi connectivity index (χ4n) is 2.37. The van der Waals surface area contributed by atoms with Crippen LogP contribution >= 0.6 is 0 Å². The normalized spacial score (nSPS) is 11.1. The Kier molecular flexibility index (Phi) is 9.60. The van der Waals surface area contributed by atoms with Crippen LogP contribution in [0, 0.1) is 0 Å². The lowest BCUT2D eigenvalue weighted by molar-refractivity contribution is 0.119. The van der Waals surface area contributed by atoms with Crippen molar-refractivity contribution in [3.63, 3.8) is 0 Å². The third-order valence-corrected chi connectivity index (χ3v) is 3.82. The summed E-state index contributed by atoms with van der Waals surface area (Å²) in [6.45, 7) is 3.35. The molecule has 0 bridgehead atoms. The van der Waals surface area contributed by atoms with Crippen LogP contribution in [0.2, 0.25) is 0 Å². The number of hydrogen-bond donors (Lipinski definition) is 2. The molecule has 0 fully saturated rings. The second-order valence-corrected chi connectivity index (χ2v) is 5.84. The molecule has 0 saturated heterocycles. The highest BCUT2D eigenvalue weighted by Gasteiger charge is 1.98. The molecule has 0 unspecified atom stereocenters. The number of ether oxygens (including phenoxy) is 3. The summed E-state index contributed by atoms with van der Waals surface area (Å²) < 4.78 is 16.5. The molecule has 2 aromatic carbocycles. The lowest BCUT2D eigenvalue weighted by Gasteiger charge is -2.12. The first-order chi connectivity index (χ1) is 13.3. The number of aliphatic imine (C=N–C) groups is 1. The third kappa shape index (κ3) is 8.46. The van der Waals surface area contributed by atoms with Crippen molar-refractivity contribution >= 4 is 5.96 Å². The molecule has 2 aromatic rings. The topological polar surface area (TPSA) is 64.1 Å². The van der Waals surface area contributed by atoms with E-state index in [1.807, 2.05) is 54.6 Å². The van der Waals surface area contributed by atoms with Crippen molar-refractivity contribution in [1.82, 2.24) is 10.6 Å². The summed E-state index contributed by atoms with van der Waals surface area (Å²) in [6, 6.07) is 17.7. The zero-order valence-corrected chi connectivity index (χ0v) is 16.1. The van der Waals surface area contributed by atoms with Crippen molar-refractivity contribution < 1.29 is 14.2 Å². The minimum absolute atomic E-state index is 0.579. The van der Waals surface area contributed by atoms with Gasteiger partial charge >= 0.3 is 0 Å². The van der Waals surface area contributed by atoms with Crippen molar-refractivity contribution in [2.75, 3.05) is 40.5 Å². The Labute approximate surface area is 161 Å². The zero-order chi connectivity index (χ0) is 19.2. The Balaban J connectivity index is 1.50. The summed E-state index contributed by atoms with van der Waals surface area (Å²) in [5.41, 5.74) is 1.14. The van der Waals surface area contributed by atoms with Gasteiger partial charge in [-0.3, -0.25) is 4.99 Å². The minimum atomic E-state index is 0.579. The maximum absolute atomic E-state index is 5.70. The van der Waals surface area contributed by atoms with Crippen LogP contribution in [-0.4, -0.2) is 46.4 Å². The standard InChI is InChI=1S/C21H29N3O3/c1-22-21(24-14-16-27-20-7-4-3-5-8-20)23-13-6-15-26-17-18-9-11-19(25-2)12-10-18/h3-5,7-12H,6,13-17H2,1-2H3,(H2,22,23,24). The number of guanidine groups is 1. The smallest absolute Gasteiger partial charge is 0.191 e. The first-order valence-electron chi connectivity index (χ1n) is 9.15. The maximum atomic E-state index is 5.70. The summed E-state index contributed by atoms with van der Waals surface area (Å²) in [7, 11) is 3.42. The first-order valence-corrected chi connectivity index (χ1v) is 9.15. The number of methoxy groups -OCH3 is 1. The largest absolute Gasteiger partial charge is 0.497 e. The van der Waals surface area contributed by atoms with E-state index in [0.717, 1.165) is 36.0 Å². The summed E-state index contributed by atoms with van der Waals surface area (Å²) in [5, 5.41) is 6.50. The Morgan fingerprint density at radius 1 is 0.889 bits per heavy atom. The molecule has 0 heterocycles. The molecular weight excluding hydrogens is 342 g/mol. The molecule has 146 valence electrons. The number of nitrogens with one attached hydrogen (secondary N) is 2. The highest BCUT2D eigenvalue weighted by molar-refractivity contribution is 5.79. The summed E-state index contributed by atoms with van der Waals surface area (Å²) in [4.78, 5) is 4.20. The van der Waals surface area contributed by atoms with Crippen molar-refractivity contribution in [3.8, 4) is 11.5 Å². The van der Waals surface area contributed by atoms with Crippen LogP contribution in [0.3, 0.4) is 0 Å². The van der Waals surface area contributed by atoms with Crippen LogP contribution < -0.4 is 20.1 Å². The van der Waals surface area contributed by atoms with E-state index in [9.17, 15) is 0 Å². The molecule has 0 atom stereocenters. The van der Waals surface area contributed by atoms with E-state index in [1.54, 1.807) is 14.2 Å². The molecule has 6 heteroatoms. The Hall–Kier alpha value is -2.73. The Morgan fingerprint density at radius 3 is 2.33 bits per heavy atom. The molecule has 0 radical (unpaired) electrons. The van der Waals surface area contributed by atoms with Gasteiger partial charge in [-0.25, -0.2) is 0 Å². The molecule has 0 aromatic heterocycles. The molecule has 0 spiro atoms. The molecule has 0 aliphatic rings. The zero-order valence-electron chi connectivity index (χ0n) is 16.1. The minimum Gasteiger partial charge on any atom is -0.497 e. The van der Waals surface area contributed by atoms with Crippen LogP contribution in [0.15, 0.2) is 59.6 Å². The quantitative estimate of drug-likeness (QED) is 0.361. The summed E-state index contributed by atoms with van der Waals surface area (Å²) in [6.07, 6.45) is 0.900. The van der Waals surface area contributed by atoms with Gasteiger partial charge in [0.2, 0.25) is 0 Å². The van der Waals surface area contributed by atoms with Gasteiger partial charge in [-0.15, -0.1) is 0 Å². The van der Waals surface area contributed by atoms with E-state index < -0.39 is 0 Å². The summed E-state index contributed by atoms with van der Waals surface area (Å²) in [5.74, 6) is 2.49. The van der Waals surface area contributed by atoms with Gasteiger partial charge in [-0.1, -0.05) is 30.3 Å². The molecular formula is C21H29N3O3. The number of hydrogen-bond acceptors (Lipinski definition) is 4. The van der Waals surface area contributed by atoms with Crippen molar-refractivity contribution in [3.05, 3.63) is 60.2 Å². The molecule has 0 amide bonds. The highest BCUT2D eigenvalue weighted by atomic mass is 16.5. The number of nitrogens with zero attached hydrogens (tertiary/aromatic N) is 1. The molecule has 0 aliphatic heterocycles. The van der Waals surface area contributed by atoms with E-state index in [4.69, 9.17) is 14.2 Å². The van der Waals surface area contributed by atoms with Crippen LogP contribution in [0.1, 0.15) is 12.0 Å². The van der Waals surface area contributed by atoms with Crippen LogP contribution in [0.4, 0.5) is 0 Å². The first kappa shape index (κ1) is 20.6. The lowest BCUT2D eigenvalue weighted by Crippen LogP contribution is -2.39. The van der Waals surface area contributed by atoms with Gasteiger partial charge in [0.25, 0.3) is 0 Å². The van der Waals surface area contributed by atoms with Gasteiger partial charge in [-0.05, 0) is 36.2 Å². The molecule has 27 heavy (non-hydrogen) atoms. The molecule has 2 rings (SSSR count). The predicted molar refractivity (Wildman–Crippen MR) is 109 cm³/mol. The van der Waals surface area contributed by atoms with E-state index in [-0.39, 0.29) is 0 Å². The van der Waals surface area contributed by atoms with Crippen molar-refractivity contribution in [2.24, 2.45) is 4.99 Å². The van der Waals surface area contributed by atoms with Crippen LogP contribution in [-0.2, 0) is 11.3 Å². The van der Waals surface area contributed by atoms with Crippen molar-refractivity contribution in [1.29, 1.82) is 0 Å². The van der Waals surface area contributed by atoms with E-state index in [0.29, 0.717) is 26.4 Å². The average molecular weight is 371 g/mol. The second kappa shape index (κ2) is 12.6. The predicted octanol–water partition coefficient (Wildman–Crippen LogP) is 2.85. The van der Waals surface area contributed by atoms with Gasteiger partial charge in [0.15, 0.2) is 5.96 Å². The van der Waals surface area contributed by atoms with E-state index in [1.165, 1.54) is 0 Å². The number of para-hydroxylation sites is 1. The number of benzene rings is 2. The van der Waals surface area contributed by atoms with Gasteiger partial charge < -0.3 is 24.8 Å². The molecule has 6 nitrogen and oxygen atoms in total. The fourth-order valence-corrected chi connectivity index (χ4v) is 2.37. The Bertz CT molecular complexity index is 660. The SMILES string of the molecule is CN=C(NCCCOCc1ccc(OC)cc1)NCCOc1ccccc1. The third-order valence-electron chi connectivity index (χ3n) is 3.82. The Morgan fingerprint density at radius 2 is 1.63 bits per heavy atom. The fraction of sp³-hybridized carbons (Fsp3) is 0.381. The molecule has 2 N–H and O–H groups in total. The lowest BCUT2D eigenvalue weighted by atomic mass is 10.2. The molecule has 0 saturated carbocycles. The van der Waals surface area contributed by atoms with Gasteiger partial charge in [0.05, 0.1) is 20.3 Å². The van der Waals surface area contributed by atoms with Crippen molar-refractivity contribution in [2.45, 2.75) is 13.0 Å². The van der Waals surface area contributed by atoms with E-state index >= 15 is 0 Å². The van der Waals surface area contributed by atoms with Gasteiger partial charge in [-0.2, -0.15) is 0 Å². The van der Waals surface area contributed by atoms with Gasteiger partial charge in [0.1, 0.15) is 18.1 Å². The monoisotopic (exact) mass is 371 g/mol. The summed E-state index contributed by atoms with van der Waals surface area (Å²) >= 11 is 0. The van der Waals surface area contributed by atoms with Gasteiger partial charge in [0, 0.05) is 20.2 Å². The number of rotatable bonds is 11. The van der Waals surface area contributed by atoms with Crippen LogP contribution in [0.5, 0.6) is 11.5 Å². The maximum Gasteiger partial charge on any atom is 0.191 e. The van der Waals surface area contributed by atoms with Crippen LogP contribution in [0.25, 0.3) is 0 Å². The van der Waals surface area contributed by atoms with E-state index in [2.05, 4.69) is 15.6 Å². The highest BCUT2D eigenvalue weighted by Crippen LogP contribution is 2.11. The average Bonchev–Trinajstić information content (AvgIpc) is 2.73. The molecule has 0 aliphatic carbocycles.